The first kappa shape index (κ1) is 6.74. The highest BCUT2D eigenvalue weighted by Crippen LogP contribution is 2.03. The van der Waals surface area contributed by atoms with Crippen molar-refractivity contribution < 1.29 is 14.3 Å². The van der Waals surface area contributed by atoms with Gasteiger partial charge in [0.15, 0.2) is 5.76 Å². The van der Waals surface area contributed by atoms with E-state index in [-0.39, 0.29) is 5.76 Å². The lowest BCUT2D eigenvalue weighted by Gasteiger charge is -2.02. The van der Waals surface area contributed by atoms with Gasteiger partial charge >= 0.3 is 0 Å². The van der Waals surface area contributed by atoms with Crippen molar-refractivity contribution >= 4 is 11.6 Å². The van der Waals surface area contributed by atoms with Gasteiger partial charge in [0.2, 0.25) is 5.78 Å². The molecule has 1 rings (SSSR count). The van der Waals surface area contributed by atoms with E-state index in [4.69, 9.17) is 0 Å². The molecule has 0 N–H and O–H groups in total. The molecule has 0 aromatic heterocycles. The zero-order valence-electron chi connectivity index (χ0n) is 5.38. The minimum absolute atomic E-state index is 0.0208. The fraction of sp³-hybridized carbons (Fsp3) is 0.143. The number of carbonyl (C=O) groups is 2. The summed E-state index contributed by atoms with van der Waals surface area (Å²) in [7, 11) is 1.33. The fourth-order valence-corrected chi connectivity index (χ4v) is 0.598. The molecule has 0 saturated carbocycles. The number of carbonyl (C=O) groups excluding carboxylic acids is 2. The molecule has 0 aromatic rings. The van der Waals surface area contributed by atoms with Gasteiger partial charge in [-0.25, -0.2) is 0 Å². The standard InChI is InChI=1S/C7H5O3/c1-10-6-4-2-3-5(8)7(6)9/h2-3H,1H3. The second kappa shape index (κ2) is 2.47. The molecule has 1 aliphatic rings. The van der Waals surface area contributed by atoms with Crippen molar-refractivity contribution in [1.82, 2.24) is 0 Å². The molecule has 0 aliphatic heterocycles. The predicted molar refractivity (Wildman–Crippen MR) is 32.9 cm³/mol. The van der Waals surface area contributed by atoms with Crippen LogP contribution >= 0.6 is 0 Å². The summed E-state index contributed by atoms with van der Waals surface area (Å²) in [6, 6.07) is 0. The Morgan fingerprint density at radius 1 is 1.50 bits per heavy atom. The third kappa shape index (κ3) is 0.978. The molecule has 0 atom stereocenters. The first-order valence-electron chi connectivity index (χ1n) is 2.68. The number of ketones is 2. The van der Waals surface area contributed by atoms with Crippen LogP contribution in [0.3, 0.4) is 0 Å². The Morgan fingerprint density at radius 2 is 2.20 bits per heavy atom. The molecular weight excluding hydrogens is 132 g/mol. The van der Waals surface area contributed by atoms with Crippen LogP contribution in [0.5, 0.6) is 0 Å². The van der Waals surface area contributed by atoms with Crippen molar-refractivity contribution in [2.45, 2.75) is 0 Å². The van der Waals surface area contributed by atoms with Crippen LogP contribution in [0.15, 0.2) is 17.9 Å². The van der Waals surface area contributed by atoms with Crippen LogP contribution in [0, 0.1) is 6.08 Å². The number of methoxy groups -OCH3 is 1. The quantitative estimate of drug-likeness (QED) is 0.378. The topological polar surface area (TPSA) is 43.4 Å². The van der Waals surface area contributed by atoms with Gasteiger partial charge < -0.3 is 4.74 Å². The summed E-state index contributed by atoms with van der Waals surface area (Å²) in [5, 5.41) is 0. The summed E-state index contributed by atoms with van der Waals surface area (Å²) in [6.07, 6.45) is 5.01. The van der Waals surface area contributed by atoms with Gasteiger partial charge in [0.1, 0.15) is 0 Å². The van der Waals surface area contributed by atoms with Crippen molar-refractivity contribution in [3.8, 4) is 0 Å². The van der Waals surface area contributed by atoms with Gasteiger partial charge in [-0.1, -0.05) is 0 Å². The van der Waals surface area contributed by atoms with Gasteiger partial charge in [-0.05, 0) is 12.2 Å². The molecule has 10 heavy (non-hydrogen) atoms. The predicted octanol–water partition coefficient (Wildman–Crippen LogP) is 0.0279. The molecule has 0 unspecified atom stereocenters. The van der Waals surface area contributed by atoms with Gasteiger partial charge in [-0.3, -0.25) is 9.59 Å². The van der Waals surface area contributed by atoms with Crippen molar-refractivity contribution in [3.05, 3.63) is 24.0 Å². The van der Waals surface area contributed by atoms with Crippen molar-refractivity contribution in [1.29, 1.82) is 0 Å². The van der Waals surface area contributed by atoms with Crippen LogP contribution in [0.1, 0.15) is 0 Å². The number of ether oxygens (including phenoxy) is 1. The van der Waals surface area contributed by atoms with E-state index in [1.807, 2.05) is 0 Å². The lowest BCUT2D eigenvalue weighted by Crippen LogP contribution is -2.17. The summed E-state index contributed by atoms with van der Waals surface area (Å²) >= 11 is 0. The molecule has 0 saturated heterocycles. The number of Topliss-reactive ketones (excluding diaryl/α,β-unsaturated/α-hetero) is 1. The van der Waals surface area contributed by atoms with E-state index in [0.717, 1.165) is 6.08 Å². The van der Waals surface area contributed by atoms with Crippen LogP contribution in [-0.2, 0) is 14.3 Å². The van der Waals surface area contributed by atoms with Crippen molar-refractivity contribution in [3.63, 3.8) is 0 Å². The molecule has 51 valence electrons. The van der Waals surface area contributed by atoms with E-state index >= 15 is 0 Å². The normalized spacial score (nSPS) is 17.1. The van der Waals surface area contributed by atoms with E-state index < -0.39 is 11.6 Å². The SMILES string of the molecule is COC1=[C]C=CC(=O)C1=O. The van der Waals surface area contributed by atoms with Gasteiger partial charge in [0.25, 0.3) is 5.78 Å². The van der Waals surface area contributed by atoms with Gasteiger partial charge in [0.05, 0.1) is 7.11 Å². The molecule has 1 radical (unpaired) electrons. The molecule has 3 heteroatoms. The number of allylic oxidation sites excluding steroid dienone is 4. The number of hydrogen-bond acceptors (Lipinski definition) is 3. The minimum Gasteiger partial charge on any atom is -0.492 e. The maximum absolute atomic E-state index is 10.7. The smallest absolute Gasteiger partial charge is 0.267 e. The lowest BCUT2D eigenvalue weighted by atomic mass is 10.1. The second-order valence-electron chi connectivity index (χ2n) is 1.70. The van der Waals surface area contributed by atoms with Crippen LogP contribution in [0.25, 0.3) is 0 Å². The van der Waals surface area contributed by atoms with Crippen LogP contribution in [-0.4, -0.2) is 18.7 Å². The van der Waals surface area contributed by atoms with Gasteiger partial charge in [-0.2, -0.15) is 0 Å². The Balaban J connectivity index is 2.92. The van der Waals surface area contributed by atoms with Crippen LogP contribution in [0.2, 0.25) is 0 Å². The molecule has 0 aromatic carbocycles. The van der Waals surface area contributed by atoms with Crippen LogP contribution in [0.4, 0.5) is 0 Å². The average Bonchev–Trinajstić information content (AvgIpc) is 1.95. The van der Waals surface area contributed by atoms with Crippen LogP contribution < -0.4 is 0 Å². The molecule has 0 heterocycles. The molecule has 0 bridgehead atoms. The largest absolute Gasteiger partial charge is 0.492 e. The highest BCUT2D eigenvalue weighted by Gasteiger charge is 2.19. The van der Waals surface area contributed by atoms with E-state index in [0.29, 0.717) is 0 Å². The minimum atomic E-state index is -0.634. The molecule has 3 nitrogen and oxygen atoms in total. The maximum Gasteiger partial charge on any atom is 0.267 e. The molecule has 0 spiro atoms. The van der Waals surface area contributed by atoms with E-state index in [1.165, 1.54) is 13.2 Å². The van der Waals surface area contributed by atoms with E-state index in [2.05, 4.69) is 10.8 Å². The zero-order chi connectivity index (χ0) is 7.56. The summed E-state index contributed by atoms with van der Waals surface area (Å²) in [4.78, 5) is 21.3. The maximum atomic E-state index is 10.7. The number of rotatable bonds is 1. The molecule has 0 amide bonds. The summed E-state index contributed by atoms with van der Waals surface area (Å²) in [5.41, 5.74) is 0. The first-order chi connectivity index (χ1) is 4.75. The molecular formula is C7H5O3. The lowest BCUT2D eigenvalue weighted by molar-refractivity contribution is -0.133. The van der Waals surface area contributed by atoms with Gasteiger partial charge in [-0.15, -0.1) is 0 Å². The fourth-order valence-electron chi connectivity index (χ4n) is 0.598. The van der Waals surface area contributed by atoms with Crippen molar-refractivity contribution in [2.24, 2.45) is 0 Å². The Hall–Kier alpha value is -1.38. The number of hydrogen-bond donors (Lipinski definition) is 0. The molecule has 1 aliphatic carbocycles. The Kier molecular flexibility index (Phi) is 1.67. The highest BCUT2D eigenvalue weighted by atomic mass is 16.5. The molecule has 0 fully saturated rings. The average molecular weight is 137 g/mol. The Morgan fingerprint density at radius 3 is 2.70 bits per heavy atom. The zero-order valence-corrected chi connectivity index (χ0v) is 5.38. The van der Waals surface area contributed by atoms with Crippen molar-refractivity contribution in [2.75, 3.05) is 7.11 Å². The third-order valence-electron chi connectivity index (χ3n) is 1.08. The Labute approximate surface area is 58.0 Å². The third-order valence-corrected chi connectivity index (χ3v) is 1.08. The summed E-state index contributed by atoms with van der Waals surface area (Å²) in [5.74, 6) is -1.21. The Bertz CT molecular complexity index is 235. The monoisotopic (exact) mass is 137 g/mol. The van der Waals surface area contributed by atoms with Gasteiger partial charge in [0, 0.05) is 6.08 Å². The second-order valence-corrected chi connectivity index (χ2v) is 1.70. The summed E-state index contributed by atoms with van der Waals surface area (Å²) < 4.78 is 4.56. The van der Waals surface area contributed by atoms with E-state index in [1.54, 1.807) is 0 Å². The summed E-state index contributed by atoms with van der Waals surface area (Å²) in [6.45, 7) is 0. The highest BCUT2D eigenvalue weighted by molar-refractivity contribution is 6.47. The van der Waals surface area contributed by atoms with E-state index in [9.17, 15) is 9.59 Å². The first-order valence-corrected chi connectivity index (χ1v) is 2.68.